The lowest BCUT2D eigenvalue weighted by atomic mass is 10.8. The van der Waals surface area contributed by atoms with Gasteiger partial charge in [-0.15, -0.1) is 0 Å². The van der Waals surface area contributed by atoms with Crippen molar-refractivity contribution in [3.63, 3.8) is 0 Å². The summed E-state index contributed by atoms with van der Waals surface area (Å²) in [7, 11) is 3.68. The van der Waals surface area contributed by atoms with Crippen LogP contribution in [0.3, 0.4) is 0 Å². The molecule has 1 heterocycles. The maximum Gasteiger partial charge on any atom is 0.229 e. The van der Waals surface area contributed by atoms with Crippen molar-refractivity contribution in [2.45, 2.75) is 0 Å². The molecule has 0 unspecified atom stereocenters. The van der Waals surface area contributed by atoms with Crippen molar-refractivity contribution in [1.29, 1.82) is 0 Å². The highest BCUT2D eigenvalue weighted by Crippen LogP contribution is 1.99. The minimum Gasteiger partial charge on any atom is -0.368 e. The largest absolute Gasteiger partial charge is 0.368 e. The fraction of sp³-hybridized carbons (Fsp3) is 0.400. The molecule has 0 bridgehead atoms. The van der Waals surface area contributed by atoms with Crippen LogP contribution in [0.4, 0.5) is 11.9 Å². The summed E-state index contributed by atoms with van der Waals surface area (Å²) in [5.41, 5.74) is 5.31. The van der Waals surface area contributed by atoms with Crippen molar-refractivity contribution in [1.82, 2.24) is 15.0 Å². The van der Waals surface area contributed by atoms with E-state index in [0.29, 0.717) is 5.95 Å². The predicted octanol–water partition coefficient (Wildman–Crippen LogP) is -0.480. The van der Waals surface area contributed by atoms with Crippen LogP contribution >= 0.6 is 0 Å². The highest BCUT2D eigenvalue weighted by Gasteiger charge is 1.96. The van der Waals surface area contributed by atoms with Gasteiger partial charge in [-0.25, -0.2) is 9.97 Å². The van der Waals surface area contributed by atoms with Crippen molar-refractivity contribution < 1.29 is 0 Å². The fourth-order valence-electron chi connectivity index (χ4n) is 0.515. The van der Waals surface area contributed by atoms with Crippen molar-refractivity contribution in [3.8, 4) is 0 Å². The monoisotopic (exact) mass is 139 g/mol. The molecule has 0 aromatic carbocycles. The third-order valence-electron chi connectivity index (χ3n) is 0.978. The van der Waals surface area contributed by atoms with Crippen molar-refractivity contribution in [2.75, 3.05) is 24.7 Å². The van der Waals surface area contributed by atoms with Crippen LogP contribution in [-0.4, -0.2) is 29.0 Å². The Balaban J connectivity index is 2.96. The number of rotatable bonds is 1. The second-order valence-electron chi connectivity index (χ2n) is 2.04. The number of nitrogens with zero attached hydrogens (tertiary/aromatic N) is 4. The summed E-state index contributed by atoms with van der Waals surface area (Å²) in [5.74, 6) is 0.825. The van der Waals surface area contributed by atoms with E-state index in [-0.39, 0.29) is 5.95 Å². The number of hydrogen-bond acceptors (Lipinski definition) is 5. The zero-order valence-electron chi connectivity index (χ0n) is 5.94. The van der Waals surface area contributed by atoms with E-state index in [0.717, 1.165) is 0 Å². The van der Waals surface area contributed by atoms with Crippen LogP contribution < -0.4 is 10.6 Å². The topological polar surface area (TPSA) is 67.9 Å². The molecule has 5 heteroatoms. The molecule has 0 aliphatic carbocycles. The van der Waals surface area contributed by atoms with Crippen LogP contribution in [0.25, 0.3) is 0 Å². The zero-order valence-corrected chi connectivity index (χ0v) is 5.94. The second-order valence-corrected chi connectivity index (χ2v) is 2.04. The summed E-state index contributed by atoms with van der Waals surface area (Å²) < 4.78 is 0. The van der Waals surface area contributed by atoms with Gasteiger partial charge < -0.3 is 10.6 Å². The van der Waals surface area contributed by atoms with Gasteiger partial charge in [0, 0.05) is 14.1 Å². The Bertz CT molecular complexity index is 221. The smallest absolute Gasteiger partial charge is 0.229 e. The first-order valence-electron chi connectivity index (χ1n) is 2.82. The minimum atomic E-state index is 0.249. The minimum absolute atomic E-state index is 0.249. The van der Waals surface area contributed by atoms with E-state index in [1.54, 1.807) is 4.90 Å². The van der Waals surface area contributed by atoms with E-state index in [1.165, 1.54) is 6.33 Å². The molecule has 0 aliphatic heterocycles. The lowest BCUT2D eigenvalue weighted by Gasteiger charge is -2.07. The first kappa shape index (κ1) is 6.73. The highest BCUT2D eigenvalue weighted by atomic mass is 15.2. The van der Waals surface area contributed by atoms with Gasteiger partial charge in [-0.1, -0.05) is 0 Å². The van der Waals surface area contributed by atoms with Gasteiger partial charge in [-0.3, -0.25) is 0 Å². The van der Waals surface area contributed by atoms with Gasteiger partial charge >= 0.3 is 0 Å². The molecule has 0 aliphatic rings. The maximum absolute atomic E-state index is 5.31. The lowest BCUT2D eigenvalue weighted by Crippen LogP contribution is -2.13. The van der Waals surface area contributed by atoms with Crippen LogP contribution in [0.5, 0.6) is 0 Å². The van der Waals surface area contributed by atoms with E-state index in [4.69, 9.17) is 5.73 Å². The van der Waals surface area contributed by atoms with Gasteiger partial charge in [-0.05, 0) is 0 Å². The molecular weight excluding hydrogens is 130 g/mol. The SMILES string of the molecule is CN(C)c1ncnc(N)n1. The quantitative estimate of drug-likeness (QED) is 0.569. The maximum atomic E-state index is 5.31. The molecule has 0 radical (unpaired) electrons. The lowest BCUT2D eigenvalue weighted by molar-refractivity contribution is 0.964. The molecule has 1 aromatic heterocycles. The first-order valence-corrected chi connectivity index (χ1v) is 2.82. The summed E-state index contributed by atoms with van der Waals surface area (Å²) in [4.78, 5) is 13.1. The molecular formula is C5H9N5. The molecule has 0 fully saturated rings. The number of anilines is 2. The third-order valence-corrected chi connectivity index (χ3v) is 0.978. The molecule has 0 saturated carbocycles. The van der Waals surface area contributed by atoms with Gasteiger partial charge in [0.15, 0.2) is 0 Å². The molecule has 2 N–H and O–H groups in total. The van der Waals surface area contributed by atoms with E-state index < -0.39 is 0 Å². The first-order chi connectivity index (χ1) is 4.70. The molecule has 1 aromatic rings. The average Bonchev–Trinajstić information content (AvgIpc) is 1.88. The number of nitrogen functional groups attached to an aromatic ring is 1. The zero-order chi connectivity index (χ0) is 7.56. The van der Waals surface area contributed by atoms with Crippen LogP contribution in [0.15, 0.2) is 6.33 Å². The fourth-order valence-corrected chi connectivity index (χ4v) is 0.515. The molecule has 10 heavy (non-hydrogen) atoms. The van der Waals surface area contributed by atoms with Crippen LogP contribution in [0.2, 0.25) is 0 Å². The summed E-state index contributed by atoms with van der Waals surface area (Å²) in [6, 6.07) is 0. The molecule has 0 spiro atoms. The van der Waals surface area contributed by atoms with Gasteiger partial charge in [0.05, 0.1) is 0 Å². The Hall–Kier alpha value is -1.39. The summed E-state index contributed by atoms with van der Waals surface area (Å²) >= 11 is 0. The van der Waals surface area contributed by atoms with Crippen molar-refractivity contribution >= 4 is 11.9 Å². The van der Waals surface area contributed by atoms with Gasteiger partial charge in [0.2, 0.25) is 11.9 Å². The molecule has 0 amide bonds. The van der Waals surface area contributed by atoms with Crippen molar-refractivity contribution in [2.24, 2.45) is 0 Å². The Morgan fingerprint density at radius 1 is 1.40 bits per heavy atom. The molecule has 5 nitrogen and oxygen atoms in total. The third kappa shape index (κ3) is 1.31. The Morgan fingerprint density at radius 2 is 2.10 bits per heavy atom. The van der Waals surface area contributed by atoms with Gasteiger partial charge in [0.1, 0.15) is 6.33 Å². The standard InChI is InChI=1S/C5H9N5/c1-10(2)5-8-3-7-4(6)9-5/h3H,1-2H3,(H2,6,7,8,9). The molecule has 54 valence electrons. The molecule has 0 saturated heterocycles. The highest BCUT2D eigenvalue weighted by molar-refractivity contribution is 5.30. The van der Waals surface area contributed by atoms with E-state index in [1.807, 2.05) is 14.1 Å². The van der Waals surface area contributed by atoms with E-state index >= 15 is 0 Å². The van der Waals surface area contributed by atoms with E-state index in [9.17, 15) is 0 Å². The van der Waals surface area contributed by atoms with Crippen molar-refractivity contribution in [3.05, 3.63) is 6.33 Å². The summed E-state index contributed by atoms with van der Waals surface area (Å²) in [5, 5.41) is 0. The van der Waals surface area contributed by atoms with Crippen LogP contribution in [-0.2, 0) is 0 Å². The molecule has 0 atom stereocenters. The van der Waals surface area contributed by atoms with Crippen LogP contribution in [0.1, 0.15) is 0 Å². The average molecular weight is 139 g/mol. The normalized spacial score (nSPS) is 9.40. The van der Waals surface area contributed by atoms with Crippen LogP contribution in [0, 0.1) is 0 Å². The van der Waals surface area contributed by atoms with Gasteiger partial charge in [-0.2, -0.15) is 4.98 Å². The summed E-state index contributed by atoms with van der Waals surface area (Å²) in [6.45, 7) is 0. The summed E-state index contributed by atoms with van der Waals surface area (Å²) in [6.07, 6.45) is 1.39. The van der Waals surface area contributed by atoms with E-state index in [2.05, 4.69) is 15.0 Å². The number of aromatic nitrogens is 3. The Kier molecular flexibility index (Phi) is 1.66. The number of hydrogen-bond donors (Lipinski definition) is 1. The second kappa shape index (κ2) is 2.47. The number of nitrogens with two attached hydrogens (primary N) is 1. The Labute approximate surface area is 58.9 Å². The predicted molar refractivity (Wildman–Crippen MR) is 38.6 cm³/mol. The molecule has 1 rings (SSSR count). The Morgan fingerprint density at radius 3 is 2.50 bits per heavy atom. The van der Waals surface area contributed by atoms with Gasteiger partial charge in [0.25, 0.3) is 0 Å².